The molecule has 1 atom stereocenters. The molecule has 0 aromatic heterocycles. The molecular formula is C23H20O4. The van der Waals surface area contributed by atoms with E-state index in [-0.39, 0.29) is 11.9 Å². The second-order valence-corrected chi connectivity index (χ2v) is 6.14. The van der Waals surface area contributed by atoms with Gasteiger partial charge >= 0.3 is 11.9 Å². The van der Waals surface area contributed by atoms with Crippen LogP contribution in [0.3, 0.4) is 0 Å². The van der Waals surface area contributed by atoms with E-state index in [9.17, 15) is 9.59 Å². The van der Waals surface area contributed by atoms with Gasteiger partial charge < -0.3 is 9.47 Å². The molecule has 0 amide bonds. The normalized spacial score (nSPS) is 11.5. The lowest BCUT2D eigenvalue weighted by Crippen LogP contribution is -2.10. The van der Waals surface area contributed by atoms with E-state index in [0.717, 1.165) is 22.3 Å². The Morgan fingerprint density at radius 2 is 1.19 bits per heavy atom. The van der Waals surface area contributed by atoms with Gasteiger partial charge in [-0.2, -0.15) is 0 Å². The Labute approximate surface area is 158 Å². The second kappa shape index (κ2) is 8.32. The van der Waals surface area contributed by atoms with Crippen LogP contribution in [-0.4, -0.2) is 11.9 Å². The Bertz CT molecular complexity index is 913. The van der Waals surface area contributed by atoms with Crippen LogP contribution in [0.2, 0.25) is 0 Å². The quantitative estimate of drug-likeness (QED) is 0.478. The van der Waals surface area contributed by atoms with Gasteiger partial charge in [0.2, 0.25) is 0 Å². The molecule has 3 aromatic carbocycles. The van der Waals surface area contributed by atoms with Crippen LogP contribution in [0.15, 0.2) is 78.9 Å². The summed E-state index contributed by atoms with van der Waals surface area (Å²) >= 11 is 0. The lowest BCUT2D eigenvalue weighted by atomic mass is 9.98. The number of carbonyl (C=O) groups is 2. The van der Waals surface area contributed by atoms with Crippen molar-refractivity contribution in [1.29, 1.82) is 0 Å². The van der Waals surface area contributed by atoms with Crippen molar-refractivity contribution in [3.63, 3.8) is 0 Å². The minimum Gasteiger partial charge on any atom is -0.453 e. The Morgan fingerprint density at radius 1 is 0.667 bits per heavy atom. The van der Waals surface area contributed by atoms with Crippen molar-refractivity contribution in [1.82, 2.24) is 0 Å². The van der Waals surface area contributed by atoms with E-state index in [1.807, 2.05) is 54.6 Å². The molecule has 0 bridgehead atoms. The molecule has 0 aliphatic rings. The van der Waals surface area contributed by atoms with Gasteiger partial charge in [-0.25, -0.2) is 0 Å². The lowest BCUT2D eigenvalue weighted by molar-refractivity contribution is -0.144. The number of hydrogen-bond acceptors (Lipinski definition) is 4. The summed E-state index contributed by atoms with van der Waals surface area (Å²) < 4.78 is 10.6. The summed E-state index contributed by atoms with van der Waals surface area (Å²) in [4.78, 5) is 22.7. The minimum atomic E-state index is -0.529. The Kier molecular flexibility index (Phi) is 5.67. The molecule has 0 saturated heterocycles. The van der Waals surface area contributed by atoms with Crippen LogP contribution < -0.4 is 4.74 Å². The van der Waals surface area contributed by atoms with Gasteiger partial charge in [0, 0.05) is 13.8 Å². The number of rotatable bonds is 5. The van der Waals surface area contributed by atoms with Crippen LogP contribution in [0.1, 0.15) is 31.1 Å². The number of ether oxygens (including phenoxy) is 2. The SMILES string of the molecule is CC(=O)Oc1ccc([C@@H](OC(C)=O)c2ccc(-c3ccccc3)cc2)cc1. The van der Waals surface area contributed by atoms with Crippen LogP contribution in [-0.2, 0) is 14.3 Å². The highest BCUT2D eigenvalue weighted by Crippen LogP contribution is 2.30. The number of hydrogen-bond donors (Lipinski definition) is 0. The van der Waals surface area contributed by atoms with E-state index >= 15 is 0 Å². The highest BCUT2D eigenvalue weighted by atomic mass is 16.5. The molecule has 0 aliphatic heterocycles. The molecule has 3 aromatic rings. The van der Waals surface area contributed by atoms with Crippen LogP contribution in [0, 0.1) is 0 Å². The summed E-state index contributed by atoms with van der Waals surface area (Å²) in [6, 6.07) is 24.9. The smallest absolute Gasteiger partial charge is 0.308 e. The zero-order valence-corrected chi connectivity index (χ0v) is 15.2. The van der Waals surface area contributed by atoms with Gasteiger partial charge in [-0.15, -0.1) is 0 Å². The maximum absolute atomic E-state index is 11.6. The molecule has 0 unspecified atom stereocenters. The first-order chi connectivity index (χ1) is 13.0. The fraction of sp³-hybridized carbons (Fsp3) is 0.130. The third-order valence-corrected chi connectivity index (χ3v) is 4.05. The van der Waals surface area contributed by atoms with E-state index in [0.29, 0.717) is 5.75 Å². The number of benzene rings is 3. The fourth-order valence-electron chi connectivity index (χ4n) is 2.85. The molecule has 136 valence electrons. The van der Waals surface area contributed by atoms with E-state index in [4.69, 9.17) is 9.47 Å². The first-order valence-electron chi connectivity index (χ1n) is 8.64. The van der Waals surface area contributed by atoms with E-state index < -0.39 is 6.10 Å². The third kappa shape index (κ3) is 4.82. The summed E-state index contributed by atoms with van der Waals surface area (Å²) in [5.41, 5.74) is 3.88. The van der Waals surface area contributed by atoms with Crippen molar-refractivity contribution >= 4 is 11.9 Å². The highest BCUT2D eigenvalue weighted by Gasteiger charge is 2.18. The summed E-state index contributed by atoms with van der Waals surface area (Å²) in [6.45, 7) is 2.74. The van der Waals surface area contributed by atoms with Crippen LogP contribution >= 0.6 is 0 Å². The minimum absolute atomic E-state index is 0.365. The van der Waals surface area contributed by atoms with Crippen molar-refractivity contribution in [3.05, 3.63) is 90.0 Å². The molecule has 27 heavy (non-hydrogen) atoms. The van der Waals surface area contributed by atoms with Crippen molar-refractivity contribution < 1.29 is 19.1 Å². The fourth-order valence-corrected chi connectivity index (χ4v) is 2.85. The second-order valence-electron chi connectivity index (χ2n) is 6.14. The number of esters is 2. The van der Waals surface area contributed by atoms with Gasteiger partial charge in [0.25, 0.3) is 0 Å². The van der Waals surface area contributed by atoms with Crippen LogP contribution in [0.5, 0.6) is 5.75 Å². The Balaban J connectivity index is 1.88. The first-order valence-corrected chi connectivity index (χ1v) is 8.64. The molecule has 0 aliphatic carbocycles. The molecule has 0 fully saturated rings. The molecule has 0 heterocycles. The molecule has 4 nitrogen and oxygen atoms in total. The Morgan fingerprint density at radius 3 is 1.70 bits per heavy atom. The van der Waals surface area contributed by atoms with Crippen LogP contribution in [0.25, 0.3) is 11.1 Å². The largest absolute Gasteiger partial charge is 0.453 e. The zero-order chi connectivity index (χ0) is 19.2. The molecular weight excluding hydrogens is 340 g/mol. The average molecular weight is 360 g/mol. The van der Waals surface area contributed by atoms with Crippen molar-refractivity contribution in [2.45, 2.75) is 20.0 Å². The summed E-state index contributed by atoms with van der Waals surface area (Å²) in [5, 5.41) is 0. The highest BCUT2D eigenvalue weighted by molar-refractivity contribution is 5.69. The van der Waals surface area contributed by atoms with Crippen molar-refractivity contribution in [2.24, 2.45) is 0 Å². The summed E-state index contributed by atoms with van der Waals surface area (Å²) in [6.07, 6.45) is -0.529. The van der Waals surface area contributed by atoms with Gasteiger partial charge in [0.05, 0.1) is 0 Å². The molecule has 0 N–H and O–H groups in total. The van der Waals surface area contributed by atoms with E-state index in [1.54, 1.807) is 24.3 Å². The maximum atomic E-state index is 11.6. The summed E-state index contributed by atoms with van der Waals surface area (Å²) in [7, 11) is 0. The molecule has 4 heteroatoms. The molecule has 3 rings (SSSR count). The first kappa shape index (κ1) is 18.4. The molecule has 0 radical (unpaired) electrons. The molecule has 0 saturated carbocycles. The van der Waals surface area contributed by atoms with Crippen molar-refractivity contribution in [2.75, 3.05) is 0 Å². The zero-order valence-electron chi connectivity index (χ0n) is 15.2. The Hall–Kier alpha value is -3.40. The third-order valence-electron chi connectivity index (χ3n) is 4.05. The molecule has 0 spiro atoms. The predicted octanol–water partition coefficient (Wildman–Crippen LogP) is 4.93. The van der Waals surface area contributed by atoms with E-state index in [1.165, 1.54) is 13.8 Å². The standard InChI is InChI=1S/C23H20O4/c1-16(24)26-22-14-12-21(13-15-22)23(27-17(2)25)20-10-8-19(9-11-20)18-6-4-3-5-7-18/h3-15,23H,1-2H3/t23-/m0/s1. The van der Waals surface area contributed by atoms with Gasteiger partial charge in [-0.05, 0) is 34.4 Å². The van der Waals surface area contributed by atoms with Gasteiger partial charge in [-0.3, -0.25) is 9.59 Å². The lowest BCUT2D eigenvalue weighted by Gasteiger charge is -2.18. The summed E-state index contributed by atoms with van der Waals surface area (Å²) in [5.74, 6) is -0.292. The monoisotopic (exact) mass is 360 g/mol. The average Bonchev–Trinajstić information content (AvgIpc) is 2.67. The van der Waals surface area contributed by atoms with Gasteiger partial charge in [0.1, 0.15) is 5.75 Å². The number of carbonyl (C=O) groups excluding carboxylic acids is 2. The van der Waals surface area contributed by atoms with Gasteiger partial charge in [-0.1, -0.05) is 66.7 Å². The topological polar surface area (TPSA) is 52.6 Å². The van der Waals surface area contributed by atoms with Crippen LogP contribution in [0.4, 0.5) is 0 Å². The van der Waals surface area contributed by atoms with Crippen molar-refractivity contribution in [3.8, 4) is 16.9 Å². The maximum Gasteiger partial charge on any atom is 0.308 e. The van der Waals surface area contributed by atoms with Gasteiger partial charge in [0.15, 0.2) is 6.10 Å². The predicted molar refractivity (Wildman–Crippen MR) is 103 cm³/mol. The van der Waals surface area contributed by atoms with E-state index in [2.05, 4.69) is 0 Å².